The van der Waals surface area contributed by atoms with Crippen LogP contribution in [0, 0.1) is 17.5 Å². The molecule has 0 unspecified atom stereocenters. The summed E-state index contributed by atoms with van der Waals surface area (Å²) in [6, 6.07) is -1.96. The fourth-order valence-electron chi connectivity index (χ4n) is 3.98. The quantitative estimate of drug-likeness (QED) is 0.417. The highest BCUT2D eigenvalue weighted by atomic mass is 19.4. The summed E-state index contributed by atoms with van der Waals surface area (Å²) in [5.74, 6) is -6.87. The van der Waals surface area contributed by atoms with Crippen LogP contribution in [-0.4, -0.2) is 69.4 Å². The third kappa shape index (κ3) is 5.36. The average Bonchev–Trinajstić information content (AvgIpc) is 3.14. The summed E-state index contributed by atoms with van der Waals surface area (Å²) in [6.45, 7) is -0.333. The molecule has 3 heterocycles. The number of aromatic nitrogens is 2. The third-order valence-corrected chi connectivity index (χ3v) is 5.82. The Kier molecular flexibility index (Phi) is 7.01. The van der Waals surface area contributed by atoms with Crippen molar-refractivity contribution < 1.29 is 54.5 Å². The number of pyridine rings is 2. The minimum Gasteiger partial charge on any atom is -0.389 e. The number of alkyl halides is 6. The number of amides is 1. The Morgan fingerprint density at radius 1 is 0.974 bits per heavy atom. The van der Waals surface area contributed by atoms with Gasteiger partial charge in [-0.15, -0.1) is 0 Å². The maximum Gasteiger partial charge on any atom is 0.417 e. The summed E-state index contributed by atoms with van der Waals surface area (Å²) in [6.07, 6.45) is -14.2. The maximum absolute atomic E-state index is 14.7. The molecule has 1 aromatic carbocycles. The predicted octanol–water partition coefficient (Wildman–Crippen LogP) is 2.57. The Balaban J connectivity index is 1.95. The number of carbonyl (C=O) groups excluding carboxylic acids is 1. The van der Waals surface area contributed by atoms with Crippen molar-refractivity contribution in [2.24, 2.45) is 0 Å². The summed E-state index contributed by atoms with van der Waals surface area (Å²) >= 11 is 0. The van der Waals surface area contributed by atoms with Crippen molar-refractivity contribution in [3.63, 3.8) is 0 Å². The van der Waals surface area contributed by atoms with E-state index < -0.39 is 81.7 Å². The second kappa shape index (κ2) is 9.71. The maximum atomic E-state index is 14.7. The molecule has 4 rings (SSSR count). The number of hydrogen-bond acceptors (Lipinski definition) is 6. The van der Waals surface area contributed by atoms with Crippen LogP contribution in [0.5, 0.6) is 0 Å². The van der Waals surface area contributed by atoms with Gasteiger partial charge in [-0.3, -0.25) is 14.2 Å². The number of aliphatic hydroxyl groups excluding tert-OH is 2. The molecule has 17 heteroatoms. The summed E-state index contributed by atoms with van der Waals surface area (Å²) < 4.78 is 121. The van der Waals surface area contributed by atoms with E-state index >= 15 is 0 Å². The van der Waals surface area contributed by atoms with Crippen LogP contribution in [0.4, 0.5) is 45.3 Å². The van der Waals surface area contributed by atoms with E-state index in [1.54, 1.807) is 0 Å². The second-order valence-electron chi connectivity index (χ2n) is 8.53. The van der Waals surface area contributed by atoms with Crippen LogP contribution in [0.2, 0.25) is 0 Å². The van der Waals surface area contributed by atoms with E-state index in [9.17, 15) is 59.3 Å². The highest BCUT2D eigenvalue weighted by Gasteiger charge is 2.57. The van der Waals surface area contributed by atoms with E-state index in [1.165, 1.54) is 4.90 Å². The molecule has 210 valence electrons. The van der Waals surface area contributed by atoms with Gasteiger partial charge in [-0.1, -0.05) is 0 Å². The number of aliphatic hydroxyl groups is 2. The molecule has 2 atom stereocenters. The van der Waals surface area contributed by atoms with E-state index in [-0.39, 0.29) is 37.2 Å². The number of halogens is 9. The van der Waals surface area contributed by atoms with Crippen LogP contribution in [0.1, 0.15) is 10.4 Å². The molecule has 2 aromatic heterocycles. The van der Waals surface area contributed by atoms with Crippen molar-refractivity contribution in [1.82, 2.24) is 14.9 Å². The predicted molar refractivity (Wildman–Crippen MR) is 115 cm³/mol. The van der Waals surface area contributed by atoms with Crippen LogP contribution in [-0.2, 0) is 0 Å². The largest absolute Gasteiger partial charge is 0.417 e. The number of hydrogen-bond donors (Lipinski definition) is 3. The van der Waals surface area contributed by atoms with Gasteiger partial charge in [0.15, 0.2) is 17.3 Å². The summed E-state index contributed by atoms with van der Waals surface area (Å²) in [5.41, 5.74) is -4.60. The van der Waals surface area contributed by atoms with Gasteiger partial charge in [0.2, 0.25) is 11.5 Å². The molecule has 0 aliphatic carbocycles. The standard InChI is InChI=1S/C22H15F9N4O4/c23-8-3-11(24)16(12(25)4-8)35-5-10(19(39)33-20(21(26,27)28)22(29,30)31)17(38)9-1-2-15(32-18(9)35)34-6-13(36)14(37)7-34/h1-5,13-14,20,36-37H,6-7H2,(H,33,39)/t13-,14-/m1/s1. The van der Waals surface area contributed by atoms with Crippen LogP contribution < -0.4 is 15.6 Å². The van der Waals surface area contributed by atoms with Gasteiger partial charge in [0.1, 0.15) is 22.9 Å². The Hall–Kier alpha value is -3.86. The summed E-state index contributed by atoms with van der Waals surface area (Å²) in [7, 11) is 0. The Morgan fingerprint density at radius 3 is 2.03 bits per heavy atom. The van der Waals surface area contributed by atoms with Gasteiger partial charge in [-0.25, -0.2) is 18.2 Å². The van der Waals surface area contributed by atoms with Crippen LogP contribution >= 0.6 is 0 Å². The van der Waals surface area contributed by atoms with Gasteiger partial charge < -0.3 is 20.4 Å². The van der Waals surface area contributed by atoms with Gasteiger partial charge in [-0.05, 0) is 12.1 Å². The lowest BCUT2D eigenvalue weighted by molar-refractivity contribution is -0.255. The van der Waals surface area contributed by atoms with Crippen molar-refractivity contribution in [1.29, 1.82) is 0 Å². The highest BCUT2D eigenvalue weighted by Crippen LogP contribution is 2.33. The molecule has 3 aromatic rings. The lowest BCUT2D eigenvalue weighted by atomic mass is 10.1. The molecule has 0 radical (unpaired) electrons. The van der Waals surface area contributed by atoms with Gasteiger partial charge >= 0.3 is 12.4 Å². The zero-order valence-electron chi connectivity index (χ0n) is 19.0. The first-order chi connectivity index (χ1) is 18.0. The van der Waals surface area contributed by atoms with Crippen molar-refractivity contribution in [3.05, 3.63) is 63.7 Å². The smallest absolute Gasteiger partial charge is 0.389 e. The molecule has 0 saturated carbocycles. The molecule has 39 heavy (non-hydrogen) atoms. The number of rotatable bonds is 4. The van der Waals surface area contributed by atoms with Gasteiger partial charge in [-0.2, -0.15) is 26.3 Å². The van der Waals surface area contributed by atoms with E-state index in [1.807, 2.05) is 0 Å². The van der Waals surface area contributed by atoms with Crippen LogP contribution in [0.15, 0.2) is 35.3 Å². The Morgan fingerprint density at radius 2 is 1.51 bits per heavy atom. The van der Waals surface area contributed by atoms with E-state index in [0.29, 0.717) is 9.88 Å². The Labute approximate surface area is 210 Å². The first kappa shape index (κ1) is 28.2. The lowest BCUT2D eigenvalue weighted by Crippen LogP contribution is -2.55. The number of anilines is 1. The minimum atomic E-state index is -6.01. The molecule has 1 amide bonds. The lowest BCUT2D eigenvalue weighted by Gasteiger charge is -2.24. The Bertz CT molecular complexity index is 1460. The first-order valence-electron chi connectivity index (χ1n) is 10.8. The van der Waals surface area contributed by atoms with Crippen molar-refractivity contribution in [3.8, 4) is 5.69 Å². The average molecular weight is 570 g/mol. The number of nitrogens with one attached hydrogen (secondary N) is 1. The monoisotopic (exact) mass is 570 g/mol. The summed E-state index contributed by atoms with van der Waals surface area (Å²) in [4.78, 5) is 30.8. The fourth-order valence-corrected chi connectivity index (χ4v) is 3.98. The zero-order valence-corrected chi connectivity index (χ0v) is 19.0. The SMILES string of the molecule is O=C(NC(C(F)(F)F)C(F)(F)F)c1cn(-c2c(F)cc(F)cc2F)c2nc(N3C[C@@H](O)[C@H](O)C3)ccc2c1=O. The molecule has 1 aliphatic heterocycles. The van der Waals surface area contributed by atoms with E-state index in [0.717, 1.165) is 12.1 Å². The van der Waals surface area contributed by atoms with Gasteiger partial charge in [0.05, 0.1) is 17.6 Å². The highest BCUT2D eigenvalue weighted by molar-refractivity contribution is 5.97. The number of fused-ring (bicyclic) bond motifs is 1. The third-order valence-electron chi connectivity index (χ3n) is 5.82. The van der Waals surface area contributed by atoms with E-state index in [2.05, 4.69) is 4.98 Å². The topological polar surface area (TPSA) is 108 Å². The van der Waals surface area contributed by atoms with Gasteiger partial charge in [0, 0.05) is 31.4 Å². The van der Waals surface area contributed by atoms with E-state index in [4.69, 9.17) is 0 Å². The normalized spacial score (nSPS) is 18.3. The number of benzene rings is 1. The molecule has 1 saturated heterocycles. The molecule has 1 aliphatic rings. The minimum absolute atomic E-state index is 0.0689. The fraction of sp³-hybridized carbons (Fsp3) is 0.318. The molecule has 0 bridgehead atoms. The molecular weight excluding hydrogens is 555 g/mol. The molecule has 3 N–H and O–H groups in total. The van der Waals surface area contributed by atoms with Crippen LogP contribution in [0.25, 0.3) is 16.7 Å². The van der Waals surface area contributed by atoms with Gasteiger partial charge in [0.25, 0.3) is 5.91 Å². The molecule has 1 fully saturated rings. The summed E-state index contributed by atoms with van der Waals surface area (Å²) in [5, 5.41) is 19.6. The number of carbonyl (C=O) groups is 1. The second-order valence-corrected chi connectivity index (χ2v) is 8.53. The first-order valence-corrected chi connectivity index (χ1v) is 10.8. The van der Waals surface area contributed by atoms with Crippen LogP contribution in [0.3, 0.4) is 0 Å². The molecule has 0 spiro atoms. The molecular formula is C22H15F9N4O4. The molecule has 8 nitrogen and oxygen atoms in total. The van der Waals surface area contributed by atoms with Crippen molar-refractivity contribution in [2.75, 3.05) is 18.0 Å². The van der Waals surface area contributed by atoms with Crippen molar-refractivity contribution in [2.45, 2.75) is 30.6 Å². The number of β-amino-alcohol motifs (C(OH)–C–C–N with tert-alkyl or cyclic N) is 2. The number of nitrogens with zero attached hydrogens (tertiary/aromatic N) is 3. The zero-order chi connectivity index (χ0) is 29.0. The van der Waals surface area contributed by atoms with Crippen molar-refractivity contribution >= 4 is 22.8 Å².